The molecule has 5 nitrogen and oxygen atoms in total. The number of benzene rings is 2. The molecule has 9 heteroatoms. The number of aromatic nitrogens is 1. The first-order chi connectivity index (χ1) is 15.4. The Morgan fingerprint density at radius 2 is 1.75 bits per heavy atom. The van der Waals surface area contributed by atoms with E-state index in [4.69, 9.17) is 4.74 Å². The lowest BCUT2D eigenvalue weighted by molar-refractivity contribution is 0.153. The molecule has 1 atom stereocenters. The Labute approximate surface area is 198 Å². The van der Waals surface area contributed by atoms with Crippen LogP contribution in [-0.2, 0) is 11.0 Å². The van der Waals surface area contributed by atoms with Gasteiger partial charge in [0.05, 0.1) is 23.2 Å². The highest BCUT2D eigenvalue weighted by atomic mass is 79.9. The first kappa shape index (κ1) is 24.7. The van der Waals surface area contributed by atoms with Gasteiger partial charge in [-0.25, -0.2) is 13.0 Å². The number of likely N-dealkylation sites (N-methyl/N-ethyl adjacent to an activating group) is 1. The Morgan fingerprint density at radius 1 is 1.06 bits per heavy atom. The number of hydrogen-bond acceptors (Lipinski definition) is 4. The molecule has 1 fully saturated rings. The quantitative estimate of drug-likeness (QED) is 0.426. The van der Waals surface area contributed by atoms with Gasteiger partial charge in [-0.15, -0.1) is 0 Å². The Kier molecular flexibility index (Phi) is 8.30. The second kappa shape index (κ2) is 10.8. The van der Waals surface area contributed by atoms with E-state index in [9.17, 15) is 13.0 Å². The number of rotatable bonds is 5. The summed E-state index contributed by atoms with van der Waals surface area (Å²) in [6.45, 7) is 7.51. The van der Waals surface area contributed by atoms with Gasteiger partial charge in [-0.3, -0.25) is 3.97 Å². The fourth-order valence-electron chi connectivity index (χ4n) is 3.69. The number of ether oxygens (including phenoxy) is 1. The molecule has 0 saturated carbocycles. The molecule has 0 radical (unpaired) electrons. The van der Waals surface area contributed by atoms with Crippen molar-refractivity contribution in [3.05, 3.63) is 52.6 Å². The second-order valence-corrected chi connectivity index (χ2v) is 9.52. The van der Waals surface area contributed by atoms with Crippen LogP contribution in [0.3, 0.4) is 0 Å². The minimum absolute atomic E-state index is 0.132. The summed E-state index contributed by atoms with van der Waals surface area (Å²) in [5.74, 6) is 0.704. The van der Waals surface area contributed by atoms with Crippen molar-refractivity contribution in [3.8, 4) is 5.75 Å². The average molecular weight is 528 g/mol. The maximum absolute atomic E-state index is 13.6. The van der Waals surface area contributed by atoms with Crippen LogP contribution in [0.2, 0.25) is 0 Å². The van der Waals surface area contributed by atoms with E-state index in [0.717, 1.165) is 31.9 Å². The predicted molar refractivity (Wildman–Crippen MR) is 130 cm³/mol. The third kappa shape index (κ3) is 5.00. The van der Waals surface area contributed by atoms with Crippen molar-refractivity contribution >= 4 is 43.5 Å². The van der Waals surface area contributed by atoms with Crippen LogP contribution in [-0.4, -0.2) is 53.4 Å². The Morgan fingerprint density at radius 3 is 2.38 bits per heavy atom. The smallest absolute Gasteiger partial charge is 0.265 e. The normalized spacial score (nSPS) is 15.6. The molecule has 0 spiro atoms. The van der Waals surface area contributed by atoms with E-state index in [1.165, 1.54) is 10.2 Å². The van der Waals surface area contributed by atoms with Crippen LogP contribution in [0.1, 0.15) is 25.8 Å². The number of halogens is 3. The van der Waals surface area contributed by atoms with E-state index >= 15 is 0 Å². The van der Waals surface area contributed by atoms with Crippen molar-refractivity contribution in [1.82, 2.24) is 8.87 Å². The molecule has 1 saturated heterocycles. The molecule has 0 amide bonds. The van der Waals surface area contributed by atoms with Gasteiger partial charge in [0.25, 0.3) is 6.43 Å². The van der Waals surface area contributed by atoms with Crippen LogP contribution in [0.25, 0.3) is 10.9 Å². The Balaban J connectivity index is 0.00000141. The maximum atomic E-state index is 13.6. The molecule has 1 aliphatic heterocycles. The molecular formula is C23H28BrF2N3O2S. The molecule has 1 unspecified atom stereocenters. The summed E-state index contributed by atoms with van der Waals surface area (Å²) in [4.78, 5) is 4.99. The lowest BCUT2D eigenvalue weighted by Gasteiger charge is -2.34. The zero-order chi connectivity index (χ0) is 23.4. The fraction of sp³-hybridized carbons (Fsp3) is 0.391. The van der Waals surface area contributed by atoms with Crippen molar-refractivity contribution in [3.63, 3.8) is 0 Å². The number of piperazine rings is 1. The number of hydrogen-bond donors (Lipinski definition) is 0. The minimum atomic E-state index is -2.66. The van der Waals surface area contributed by atoms with E-state index in [-0.39, 0.29) is 5.56 Å². The van der Waals surface area contributed by atoms with Gasteiger partial charge in [0, 0.05) is 47.8 Å². The van der Waals surface area contributed by atoms with E-state index in [2.05, 4.69) is 32.8 Å². The van der Waals surface area contributed by atoms with Gasteiger partial charge in [-0.1, -0.05) is 29.8 Å². The first-order valence-corrected chi connectivity index (χ1v) is 12.4. The molecule has 0 bridgehead atoms. The standard InChI is InChI=1S/C21H22BrF2N3O2S.C2H6/c1-25-7-9-26(10-8-25)19-12-15(4-6-20(19)29-2)30(28)27-13-17(21(23)24)16-11-14(22)3-5-18(16)27;1-2/h3-6,11-13,21H,7-10H2,1-2H3;1-2H3. The average Bonchev–Trinajstić information content (AvgIpc) is 3.19. The topological polar surface area (TPSA) is 37.7 Å². The van der Waals surface area contributed by atoms with Gasteiger partial charge in [0.1, 0.15) is 5.75 Å². The van der Waals surface area contributed by atoms with Crippen molar-refractivity contribution < 1.29 is 17.7 Å². The maximum Gasteiger partial charge on any atom is 0.265 e. The van der Waals surface area contributed by atoms with Gasteiger partial charge in [0.2, 0.25) is 0 Å². The summed E-state index contributed by atoms with van der Waals surface area (Å²) >= 11 is 3.33. The molecule has 0 N–H and O–H groups in total. The summed E-state index contributed by atoms with van der Waals surface area (Å²) < 4.78 is 48.2. The molecule has 0 aliphatic carbocycles. The lowest BCUT2D eigenvalue weighted by Crippen LogP contribution is -2.44. The number of methoxy groups -OCH3 is 1. The van der Waals surface area contributed by atoms with E-state index < -0.39 is 17.4 Å². The van der Waals surface area contributed by atoms with E-state index in [0.29, 0.717) is 26.0 Å². The summed E-state index contributed by atoms with van der Waals surface area (Å²) in [6.07, 6.45) is -1.37. The molecule has 1 aliphatic rings. The van der Waals surface area contributed by atoms with Gasteiger partial charge >= 0.3 is 0 Å². The third-order valence-corrected chi connectivity index (χ3v) is 7.18. The molecule has 174 valence electrons. The summed E-state index contributed by atoms with van der Waals surface area (Å²) in [5.41, 5.74) is 1.24. The van der Waals surface area contributed by atoms with Crippen LogP contribution < -0.4 is 9.64 Å². The predicted octanol–water partition coefficient (Wildman–Crippen LogP) is 5.70. The van der Waals surface area contributed by atoms with Crippen molar-refractivity contribution in [1.29, 1.82) is 0 Å². The molecule has 1 aromatic heterocycles. The highest BCUT2D eigenvalue weighted by molar-refractivity contribution is 9.10. The van der Waals surface area contributed by atoms with Crippen LogP contribution in [0, 0.1) is 0 Å². The molecule has 3 aromatic rings. The molecule has 2 heterocycles. The Bertz CT molecular complexity index is 1100. The van der Waals surface area contributed by atoms with Crippen molar-refractivity contribution in [2.45, 2.75) is 25.2 Å². The highest BCUT2D eigenvalue weighted by Gasteiger charge is 2.22. The van der Waals surface area contributed by atoms with Crippen molar-refractivity contribution in [2.24, 2.45) is 0 Å². The van der Waals surface area contributed by atoms with Crippen LogP contribution in [0.4, 0.5) is 14.5 Å². The van der Waals surface area contributed by atoms with Crippen molar-refractivity contribution in [2.75, 3.05) is 45.2 Å². The van der Waals surface area contributed by atoms with E-state index in [1.54, 1.807) is 37.4 Å². The zero-order valence-electron chi connectivity index (χ0n) is 18.6. The molecular weight excluding hydrogens is 500 g/mol. The SMILES string of the molecule is CC.COc1ccc(S(=O)n2cc(C(F)F)c3cc(Br)ccc32)cc1N1CCN(C)CC1. The van der Waals surface area contributed by atoms with Crippen LogP contribution in [0.15, 0.2) is 52.0 Å². The largest absolute Gasteiger partial charge is 0.495 e. The monoisotopic (exact) mass is 527 g/mol. The number of anilines is 1. The summed E-state index contributed by atoms with van der Waals surface area (Å²) in [7, 11) is 2.01. The summed E-state index contributed by atoms with van der Waals surface area (Å²) in [6, 6.07) is 10.4. The first-order valence-electron chi connectivity index (χ1n) is 10.5. The second-order valence-electron chi connectivity index (χ2n) is 7.25. The Hall–Kier alpha value is -1.97. The third-order valence-electron chi connectivity index (χ3n) is 5.37. The van der Waals surface area contributed by atoms with Crippen LogP contribution in [0.5, 0.6) is 5.75 Å². The van der Waals surface area contributed by atoms with Gasteiger partial charge < -0.3 is 14.5 Å². The lowest BCUT2D eigenvalue weighted by atomic mass is 10.2. The molecule has 32 heavy (non-hydrogen) atoms. The van der Waals surface area contributed by atoms with Gasteiger partial charge in [0.15, 0.2) is 11.0 Å². The van der Waals surface area contributed by atoms with Gasteiger partial charge in [-0.2, -0.15) is 0 Å². The number of alkyl halides is 2. The summed E-state index contributed by atoms with van der Waals surface area (Å²) in [5, 5.41) is 0.389. The highest BCUT2D eigenvalue weighted by Crippen LogP contribution is 2.35. The number of nitrogens with zero attached hydrogens (tertiary/aromatic N) is 3. The van der Waals surface area contributed by atoms with Gasteiger partial charge in [-0.05, 0) is 43.4 Å². The molecule has 4 rings (SSSR count). The molecule has 2 aromatic carbocycles. The van der Waals surface area contributed by atoms with Crippen LogP contribution >= 0.6 is 15.9 Å². The van der Waals surface area contributed by atoms with E-state index in [1.807, 2.05) is 19.9 Å². The zero-order valence-corrected chi connectivity index (χ0v) is 21.1. The minimum Gasteiger partial charge on any atom is -0.495 e. The number of fused-ring (bicyclic) bond motifs is 1. The fourth-order valence-corrected chi connectivity index (χ4v) is 5.23.